The normalized spacial score (nSPS) is 21.9. The van der Waals surface area contributed by atoms with E-state index in [-0.39, 0.29) is 0 Å². The van der Waals surface area contributed by atoms with Crippen molar-refractivity contribution >= 4 is 22.7 Å². The van der Waals surface area contributed by atoms with Crippen molar-refractivity contribution in [2.45, 2.75) is 13.3 Å². The largest absolute Gasteiger partial charge is 0.369 e. The predicted molar refractivity (Wildman–Crippen MR) is 74.8 cm³/mol. The van der Waals surface area contributed by atoms with Gasteiger partial charge in [0.1, 0.15) is 5.82 Å². The summed E-state index contributed by atoms with van der Waals surface area (Å²) in [6.07, 6.45) is 1.33. The molecule has 0 radical (unpaired) electrons. The van der Waals surface area contributed by atoms with E-state index in [9.17, 15) is 0 Å². The van der Waals surface area contributed by atoms with Crippen LogP contribution in [0.25, 0.3) is 10.9 Å². The van der Waals surface area contributed by atoms with E-state index in [2.05, 4.69) is 33.6 Å². The Hall–Kier alpha value is -1.84. The number of nitrogens with zero attached hydrogens (tertiary/aromatic N) is 2. The summed E-state index contributed by atoms with van der Waals surface area (Å²) in [7, 11) is 1.84. The molecule has 1 saturated carbocycles. The van der Waals surface area contributed by atoms with Crippen molar-refractivity contribution in [1.29, 1.82) is 0 Å². The molecule has 2 atom stereocenters. The SMILES string of the molecule is CNc1nc(NCC2CC2C)c2ccccc2n1. The molecule has 2 N–H and O–H groups in total. The number of nitrogens with one attached hydrogen (secondary N) is 2. The molecule has 1 heterocycles. The van der Waals surface area contributed by atoms with E-state index in [0.717, 1.165) is 35.1 Å². The highest BCUT2D eigenvalue weighted by Crippen LogP contribution is 2.37. The van der Waals surface area contributed by atoms with Gasteiger partial charge >= 0.3 is 0 Å². The fourth-order valence-corrected chi connectivity index (χ4v) is 2.23. The van der Waals surface area contributed by atoms with Crippen LogP contribution in [0.1, 0.15) is 13.3 Å². The van der Waals surface area contributed by atoms with Crippen molar-refractivity contribution < 1.29 is 0 Å². The second kappa shape index (κ2) is 4.44. The quantitative estimate of drug-likeness (QED) is 0.865. The second-order valence-corrected chi connectivity index (χ2v) is 5.02. The van der Waals surface area contributed by atoms with Gasteiger partial charge in [-0.15, -0.1) is 0 Å². The topological polar surface area (TPSA) is 49.8 Å². The van der Waals surface area contributed by atoms with Gasteiger partial charge in [0.25, 0.3) is 0 Å². The Labute approximate surface area is 107 Å². The van der Waals surface area contributed by atoms with Gasteiger partial charge in [0, 0.05) is 19.0 Å². The minimum atomic E-state index is 0.667. The highest BCUT2D eigenvalue weighted by atomic mass is 15.1. The zero-order chi connectivity index (χ0) is 12.5. The smallest absolute Gasteiger partial charge is 0.224 e. The summed E-state index contributed by atoms with van der Waals surface area (Å²) in [6.45, 7) is 3.30. The van der Waals surface area contributed by atoms with Crippen LogP contribution in [0.15, 0.2) is 24.3 Å². The summed E-state index contributed by atoms with van der Waals surface area (Å²) < 4.78 is 0. The Morgan fingerprint density at radius 3 is 2.78 bits per heavy atom. The average molecular weight is 242 g/mol. The van der Waals surface area contributed by atoms with E-state index >= 15 is 0 Å². The van der Waals surface area contributed by atoms with E-state index in [1.165, 1.54) is 6.42 Å². The lowest BCUT2D eigenvalue weighted by atomic mass is 10.2. The Morgan fingerprint density at radius 2 is 2.06 bits per heavy atom. The molecule has 0 spiro atoms. The summed E-state index contributed by atoms with van der Waals surface area (Å²) in [5, 5.41) is 7.56. The number of fused-ring (bicyclic) bond motifs is 1. The van der Waals surface area contributed by atoms with Gasteiger partial charge in [-0.1, -0.05) is 19.1 Å². The first kappa shape index (κ1) is 11.3. The predicted octanol–water partition coefficient (Wildman–Crippen LogP) is 2.74. The molecule has 1 aliphatic carbocycles. The maximum atomic E-state index is 4.51. The first-order valence-corrected chi connectivity index (χ1v) is 6.46. The molecule has 4 nitrogen and oxygen atoms in total. The molecule has 0 aliphatic heterocycles. The molecular weight excluding hydrogens is 224 g/mol. The van der Waals surface area contributed by atoms with Crippen LogP contribution in [0, 0.1) is 11.8 Å². The lowest BCUT2D eigenvalue weighted by Crippen LogP contribution is -2.08. The van der Waals surface area contributed by atoms with Gasteiger partial charge in [0.05, 0.1) is 5.52 Å². The summed E-state index contributed by atoms with van der Waals surface area (Å²) in [5.74, 6) is 3.26. The lowest BCUT2D eigenvalue weighted by molar-refractivity contribution is 0.785. The summed E-state index contributed by atoms with van der Waals surface area (Å²) >= 11 is 0. The van der Waals surface area contributed by atoms with Crippen LogP contribution in [-0.2, 0) is 0 Å². The molecule has 18 heavy (non-hydrogen) atoms. The van der Waals surface area contributed by atoms with Gasteiger partial charge in [0.2, 0.25) is 5.95 Å². The van der Waals surface area contributed by atoms with Crippen molar-refractivity contribution in [1.82, 2.24) is 9.97 Å². The fourth-order valence-electron chi connectivity index (χ4n) is 2.23. The van der Waals surface area contributed by atoms with Crippen molar-refractivity contribution in [3.63, 3.8) is 0 Å². The number of benzene rings is 1. The first-order valence-electron chi connectivity index (χ1n) is 6.46. The summed E-state index contributed by atoms with van der Waals surface area (Å²) in [6, 6.07) is 8.10. The number of anilines is 2. The third-order valence-electron chi connectivity index (χ3n) is 3.63. The Balaban J connectivity index is 1.92. The molecule has 0 amide bonds. The Morgan fingerprint density at radius 1 is 1.28 bits per heavy atom. The first-order chi connectivity index (χ1) is 8.78. The maximum Gasteiger partial charge on any atom is 0.224 e. The molecule has 2 aromatic rings. The molecule has 0 saturated heterocycles. The second-order valence-electron chi connectivity index (χ2n) is 5.02. The van der Waals surface area contributed by atoms with Gasteiger partial charge < -0.3 is 10.6 Å². The standard InChI is InChI=1S/C14H18N4/c1-9-7-10(9)8-16-13-11-5-3-4-6-12(11)17-14(15-2)18-13/h3-6,9-10H,7-8H2,1-2H3,(H2,15,16,17,18). The van der Waals surface area contributed by atoms with Crippen LogP contribution >= 0.6 is 0 Å². The fraction of sp³-hybridized carbons (Fsp3) is 0.429. The average Bonchev–Trinajstić information content (AvgIpc) is 3.11. The third kappa shape index (κ3) is 2.10. The van der Waals surface area contributed by atoms with E-state index in [1.807, 2.05) is 25.2 Å². The van der Waals surface area contributed by atoms with E-state index in [0.29, 0.717) is 5.95 Å². The van der Waals surface area contributed by atoms with Gasteiger partial charge in [-0.3, -0.25) is 0 Å². The summed E-state index contributed by atoms with van der Waals surface area (Å²) in [5.41, 5.74) is 0.975. The van der Waals surface area contributed by atoms with Crippen molar-refractivity contribution in [3.8, 4) is 0 Å². The minimum Gasteiger partial charge on any atom is -0.369 e. The van der Waals surface area contributed by atoms with E-state index in [4.69, 9.17) is 0 Å². The zero-order valence-corrected chi connectivity index (χ0v) is 10.8. The van der Waals surface area contributed by atoms with Crippen molar-refractivity contribution in [2.24, 2.45) is 11.8 Å². The van der Waals surface area contributed by atoms with Crippen molar-refractivity contribution in [3.05, 3.63) is 24.3 Å². The van der Waals surface area contributed by atoms with Gasteiger partial charge in [-0.05, 0) is 30.4 Å². The number of para-hydroxylation sites is 1. The van der Waals surface area contributed by atoms with Crippen LogP contribution in [0.3, 0.4) is 0 Å². The van der Waals surface area contributed by atoms with Gasteiger partial charge in [-0.25, -0.2) is 4.98 Å². The Kier molecular flexibility index (Phi) is 2.78. The Bertz CT molecular complexity index is 567. The van der Waals surface area contributed by atoms with Crippen LogP contribution in [-0.4, -0.2) is 23.6 Å². The van der Waals surface area contributed by atoms with E-state index < -0.39 is 0 Å². The zero-order valence-electron chi connectivity index (χ0n) is 10.8. The van der Waals surface area contributed by atoms with Gasteiger partial charge in [0.15, 0.2) is 0 Å². The number of hydrogen-bond donors (Lipinski definition) is 2. The van der Waals surface area contributed by atoms with Crippen molar-refractivity contribution in [2.75, 3.05) is 24.2 Å². The van der Waals surface area contributed by atoms with E-state index in [1.54, 1.807) is 0 Å². The molecule has 3 rings (SSSR count). The lowest BCUT2D eigenvalue weighted by Gasteiger charge is -2.10. The monoisotopic (exact) mass is 242 g/mol. The van der Waals surface area contributed by atoms with Gasteiger partial charge in [-0.2, -0.15) is 4.98 Å². The minimum absolute atomic E-state index is 0.667. The summed E-state index contributed by atoms with van der Waals surface area (Å²) in [4.78, 5) is 8.96. The number of rotatable bonds is 4. The van der Waals surface area contributed by atoms with Crippen LogP contribution in [0.5, 0.6) is 0 Å². The van der Waals surface area contributed by atoms with Crippen LogP contribution < -0.4 is 10.6 Å². The molecule has 1 aromatic heterocycles. The maximum absolute atomic E-state index is 4.51. The molecule has 94 valence electrons. The molecule has 4 heteroatoms. The molecule has 1 aromatic carbocycles. The molecular formula is C14H18N4. The van der Waals surface area contributed by atoms with Crippen LogP contribution in [0.4, 0.5) is 11.8 Å². The third-order valence-corrected chi connectivity index (χ3v) is 3.63. The molecule has 1 fully saturated rings. The highest BCUT2D eigenvalue weighted by Gasteiger charge is 2.32. The highest BCUT2D eigenvalue weighted by molar-refractivity contribution is 5.89. The molecule has 2 unspecified atom stereocenters. The molecule has 0 bridgehead atoms. The van der Waals surface area contributed by atoms with Crippen LogP contribution in [0.2, 0.25) is 0 Å². The molecule has 1 aliphatic rings. The number of aromatic nitrogens is 2. The number of hydrogen-bond acceptors (Lipinski definition) is 4.